The maximum Gasteiger partial charge on any atom is 0.266 e. The minimum absolute atomic E-state index is 0.0265. The van der Waals surface area contributed by atoms with Crippen molar-refractivity contribution < 1.29 is 19.0 Å². The lowest BCUT2D eigenvalue weighted by atomic mass is 9.89. The lowest BCUT2D eigenvalue weighted by Gasteiger charge is -2.33. The molecule has 1 aromatic carbocycles. The lowest BCUT2D eigenvalue weighted by molar-refractivity contribution is -0.121. The summed E-state index contributed by atoms with van der Waals surface area (Å²) in [6.45, 7) is 0.794. The molecule has 1 aromatic heterocycles. The first-order chi connectivity index (χ1) is 14.6. The van der Waals surface area contributed by atoms with Crippen LogP contribution in [0.15, 0.2) is 30.5 Å². The van der Waals surface area contributed by atoms with Gasteiger partial charge in [-0.25, -0.2) is 4.98 Å². The number of carbonyl (C=O) groups excluding carboxylic acids is 1. The molecular weight excluding hydrogens is 386 g/mol. The predicted molar refractivity (Wildman–Crippen MR) is 110 cm³/mol. The van der Waals surface area contributed by atoms with Crippen LogP contribution in [0.3, 0.4) is 0 Å². The fraction of sp³-hybridized carbons (Fsp3) is 0.476. The van der Waals surface area contributed by atoms with Gasteiger partial charge in [-0.05, 0) is 37.0 Å². The van der Waals surface area contributed by atoms with Crippen molar-refractivity contribution in [2.75, 3.05) is 30.2 Å². The average molecular weight is 411 g/mol. The maximum absolute atomic E-state index is 12.6. The lowest BCUT2D eigenvalue weighted by Crippen LogP contribution is -2.44. The van der Waals surface area contributed by atoms with Gasteiger partial charge in [-0.15, -0.1) is 0 Å². The van der Waals surface area contributed by atoms with Gasteiger partial charge in [0, 0.05) is 6.04 Å². The zero-order valence-corrected chi connectivity index (χ0v) is 16.9. The number of anilines is 2. The van der Waals surface area contributed by atoms with Crippen LogP contribution < -0.4 is 25.0 Å². The second-order valence-corrected chi connectivity index (χ2v) is 7.92. The summed E-state index contributed by atoms with van der Waals surface area (Å²) in [6.07, 6.45) is 4.49. The molecule has 2 aromatic rings. The number of amides is 1. The number of methoxy groups -OCH3 is 1. The van der Waals surface area contributed by atoms with Crippen molar-refractivity contribution in [3.63, 3.8) is 0 Å². The number of aromatic nitrogens is 2. The molecule has 0 radical (unpaired) electrons. The van der Waals surface area contributed by atoms with Gasteiger partial charge in [0.1, 0.15) is 12.5 Å². The van der Waals surface area contributed by atoms with Crippen LogP contribution in [0.2, 0.25) is 0 Å². The number of benzene rings is 1. The molecular formula is C21H25N5O4. The van der Waals surface area contributed by atoms with E-state index in [0.29, 0.717) is 30.8 Å². The maximum atomic E-state index is 12.6. The zero-order valence-electron chi connectivity index (χ0n) is 16.9. The Morgan fingerprint density at radius 1 is 1.27 bits per heavy atom. The normalized spacial score (nSPS) is 25.5. The van der Waals surface area contributed by atoms with E-state index in [0.717, 1.165) is 30.6 Å². The van der Waals surface area contributed by atoms with Crippen molar-refractivity contribution in [3.8, 4) is 11.5 Å². The van der Waals surface area contributed by atoms with Crippen LogP contribution in [-0.2, 0) is 16.1 Å². The van der Waals surface area contributed by atoms with Crippen LogP contribution in [0.5, 0.6) is 11.5 Å². The van der Waals surface area contributed by atoms with Gasteiger partial charge in [0.2, 0.25) is 5.95 Å². The van der Waals surface area contributed by atoms with E-state index in [1.54, 1.807) is 18.2 Å². The van der Waals surface area contributed by atoms with Crippen molar-refractivity contribution in [1.29, 1.82) is 0 Å². The molecule has 1 aliphatic carbocycles. The fourth-order valence-electron chi connectivity index (χ4n) is 4.36. The van der Waals surface area contributed by atoms with Crippen LogP contribution in [0.4, 0.5) is 11.8 Å². The predicted octanol–water partition coefficient (Wildman–Crippen LogP) is 1.45. The summed E-state index contributed by atoms with van der Waals surface area (Å²) in [5, 5.41) is 0. The number of nitrogens with zero attached hydrogens (tertiary/aromatic N) is 4. The number of hydrogen-bond donors (Lipinski definition) is 1. The van der Waals surface area contributed by atoms with Crippen molar-refractivity contribution in [2.24, 2.45) is 5.73 Å². The Hall–Kier alpha value is -2.91. The molecule has 0 bridgehead atoms. The molecule has 30 heavy (non-hydrogen) atoms. The number of fused-ring (bicyclic) bond motifs is 2. The number of carbonyl (C=O) groups is 1. The third-order valence-corrected chi connectivity index (χ3v) is 6.01. The van der Waals surface area contributed by atoms with Gasteiger partial charge < -0.3 is 24.8 Å². The topological polar surface area (TPSA) is 103 Å². The summed E-state index contributed by atoms with van der Waals surface area (Å²) >= 11 is 0. The minimum Gasteiger partial charge on any atom is -0.497 e. The molecule has 1 saturated heterocycles. The van der Waals surface area contributed by atoms with Gasteiger partial charge in [-0.3, -0.25) is 9.69 Å². The summed E-state index contributed by atoms with van der Waals surface area (Å²) in [7, 11) is 1.63. The van der Waals surface area contributed by atoms with Crippen molar-refractivity contribution in [1.82, 2.24) is 9.97 Å². The number of ether oxygens (including phenoxy) is 3. The van der Waals surface area contributed by atoms with Crippen LogP contribution in [0.25, 0.3) is 0 Å². The van der Waals surface area contributed by atoms with E-state index in [4.69, 9.17) is 24.9 Å². The smallest absolute Gasteiger partial charge is 0.266 e. The molecule has 3 atom stereocenters. The molecule has 3 aliphatic rings. The molecule has 2 fully saturated rings. The molecule has 2 N–H and O–H groups in total. The minimum atomic E-state index is -0.137. The molecule has 9 nitrogen and oxygen atoms in total. The summed E-state index contributed by atoms with van der Waals surface area (Å²) in [4.78, 5) is 25.6. The Bertz CT molecular complexity index is 937. The highest BCUT2D eigenvalue weighted by Crippen LogP contribution is 2.36. The average Bonchev–Trinajstić information content (AvgIpc) is 3.19. The largest absolute Gasteiger partial charge is 0.497 e. The van der Waals surface area contributed by atoms with Crippen LogP contribution >= 0.6 is 0 Å². The highest BCUT2D eigenvalue weighted by molar-refractivity contribution is 5.96. The number of hydrogen-bond acceptors (Lipinski definition) is 8. The molecule has 1 amide bonds. The third-order valence-electron chi connectivity index (χ3n) is 6.01. The Morgan fingerprint density at radius 3 is 2.90 bits per heavy atom. The van der Waals surface area contributed by atoms with Crippen LogP contribution in [-0.4, -0.2) is 54.5 Å². The SMILES string of the molecule is COc1ccc(CN2C(=O)COc3cnc(N4CO[C@H]5C[C@@H](N)CC[C@@H]54)nc32)cc1. The summed E-state index contributed by atoms with van der Waals surface area (Å²) in [6, 6.07) is 8.02. The Balaban J connectivity index is 1.42. The summed E-state index contributed by atoms with van der Waals surface area (Å²) < 4.78 is 16.7. The van der Waals surface area contributed by atoms with E-state index in [1.807, 2.05) is 24.3 Å². The monoisotopic (exact) mass is 411 g/mol. The molecule has 158 valence electrons. The first kappa shape index (κ1) is 19.1. The van der Waals surface area contributed by atoms with Crippen LogP contribution in [0.1, 0.15) is 24.8 Å². The number of rotatable bonds is 4. The second kappa shape index (κ2) is 7.73. The van der Waals surface area contributed by atoms with Gasteiger partial charge in [0.15, 0.2) is 18.2 Å². The van der Waals surface area contributed by atoms with E-state index in [9.17, 15) is 4.79 Å². The van der Waals surface area contributed by atoms with Gasteiger partial charge in [-0.2, -0.15) is 4.98 Å². The van der Waals surface area contributed by atoms with Gasteiger partial charge in [0.05, 0.1) is 32.0 Å². The third kappa shape index (κ3) is 3.44. The van der Waals surface area contributed by atoms with Crippen molar-refractivity contribution in [2.45, 2.75) is 44.0 Å². The second-order valence-electron chi connectivity index (χ2n) is 7.92. The van der Waals surface area contributed by atoms with Gasteiger partial charge in [-0.1, -0.05) is 12.1 Å². The van der Waals surface area contributed by atoms with E-state index in [2.05, 4.69) is 9.88 Å². The standard InChI is InChI=1S/C21H25N5O4/c1-28-15-5-2-13(3-6-15)10-25-19(27)11-29-18-9-23-21(24-20(18)25)26-12-30-17-8-14(22)4-7-16(17)26/h2-3,5-6,9,14,16-17H,4,7-8,10-12,22H2,1H3/t14-,16-,17-/m0/s1. The summed E-state index contributed by atoms with van der Waals surface area (Å²) in [5.41, 5.74) is 7.07. The molecule has 3 heterocycles. The molecule has 5 rings (SSSR count). The molecule has 0 spiro atoms. The number of nitrogens with two attached hydrogens (primary N) is 1. The quantitative estimate of drug-likeness (QED) is 0.807. The van der Waals surface area contributed by atoms with Crippen LogP contribution in [0, 0.1) is 0 Å². The van der Waals surface area contributed by atoms with E-state index in [1.165, 1.54) is 0 Å². The van der Waals surface area contributed by atoms with E-state index < -0.39 is 0 Å². The van der Waals surface area contributed by atoms with E-state index >= 15 is 0 Å². The Labute approximate surface area is 174 Å². The zero-order chi connectivity index (χ0) is 20.7. The summed E-state index contributed by atoms with van der Waals surface area (Å²) in [5.74, 6) is 2.18. The van der Waals surface area contributed by atoms with Gasteiger partial charge in [0.25, 0.3) is 5.91 Å². The molecule has 1 saturated carbocycles. The first-order valence-electron chi connectivity index (χ1n) is 10.2. The highest BCUT2D eigenvalue weighted by Gasteiger charge is 2.41. The first-order valence-corrected chi connectivity index (χ1v) is 10.2. The van der Waals surface area contributed by atoms with Crippen molar-refractivity contribution in [3.05, 3.63) is 36.0 Å². The molecule has 0 unspecified atom stereocenters. The molecule has 2 aliphatic heterocycles. The Kier molecular flexibility index (Phi) is 4.92. The van der Waals surface area contributed by atoms with Crippen molar-refractivity contribution >= 4 is 17.7 Å². The fourth-order valence-corrected chi connectivity index (χ4v) is 4.36. The van der Waals surface area contributed by atoms with Gasteiger partial charge >= 0.3 is 0 Å². The molecule has 9 heteroatoms. The highest BCUT2D eigenvalue weighted by atomic mass is 16.5. The Morgan fingerprint density at radius 2 is 2.10 bits per heavy atom. The van der Waals surface area contributed by atoms with E-state index in [-0.39, 0.29) is 30.7 Å².